The monoisotopic (exact) mass is 458 g/mol. The molecule has 0 fully saturated rings. The summed E-state index contributed by atoms with van der Waals surface area (Å²) < 4.78 is 29.3. The molecule has 170 valence electrons. The fraction of sp³-hybridized carbons (Fsp3) is 0.130. The van der Waals surface area contributed by atoms with E-state index in [-0.39, 0.29) is 17.3 Å². The van der Waals surface area contributed by atoms with Crippen LogP contribution in [0.3, 0.4) is 0 Å². The van der Waals surface area contributed by atoms with E-state index in [1.165, 1.54) is 13.3 Å². The molecular formula is C23H21N9O2. The van der Waals surface area contributed by atoms with E-state index in [4.69, 9.17) is 14.1 Å². The number of para-hydroxylation sites is 1. The Balaban J connectivity index is 1.74. The van der Waals surface area contributed by atoms with Crippen LogP contribution in [-0.2, 0) is 7.05 Å². The molecular weight excluding hydrogens is 434 g/mol. The topological polar surface area (TPSA) is 143 Å². The van der Waals surface area contributed by atoms with Crippen LogP contribution in [0.5, 0.6) is 5.75 Å². The molecule has 0 aliphatic carbocycles. The molecule has 0 radical (unpaired) electrons. The van der Waals surface area contributed by atoms with E-state index in [1.54, 1.807) is 60.5 Å². The van der Waals surface area contributed by atoms with Gasteiger partial charge in [0, 0.05) is 30.0 Å². The lowest BCUT2D eigenvalue weighted by molar-refractivity contribution is 0.0963. The van der Waals surface area contributed by atoms with E-state index < -0.39 is 12.9 Å². The van der Waals surface area contributed by atoms with Crippen molar-refractivity contribution in [1.82, 2.24) is 30.0 Å². The van der Waals surface area contributed by atoms with Crippen molar-refractivity contribution >= 4 is 29.0 Å². The van der Waals surface area contributed by atoms with Gasteiger partial charge in [-0.05, 0) is 36.4 Å². The summed E-state index contributed by atoms with van der Waals surface area (Å²) in [4.78, 5) is 25.6. The van der Waals surface area contributed by atoms with Gasteiger partial charge in [-0.25, -0.2) is 9.97 Å². The maximum Gasteiger partial charge on any atom is 0.256 e. The number of aromatic nitrogens is 5. The van der Waals surface area contributed by atoms with Gasteiger partial charge in [-0.15, -0.1) is 0 Å². The number of nitrogens with one attached hydrogen (secondary N) is 3. The lowest BCUT2D eigenvalue weighted by atomic mass is 10.1. The van der Waals surface area contributed by atoms with E-state index >= 15 is 0 Å². The molecule has 0 spiro atoms. The van der Waals surface area contributed by atoms with Crippen LogP contribution < -0.4 is 20.7 Å². The minimum atomic E-state index is -2.71. The molecule has 0 unspecified atom stereocenters. The number of benzene rings is 2. The number of nitriles is 1. The van der Waals surface area contributed by atoms with E-state index in [1.807, 2.05) is 11.4 Å². The first-order valence-electron chi connectivity index (χ1n) is 11.4. The number of nitrogens with zero attached hydrogens (tertiary/aromatic N) is 6. The van der Waals surface area contributed by atoms with E-state index in [2.05, 4.69) is 30.7 Å². The maximum absolute atomic E-state index is 12.8. The van der Waals surface area contributed by atoms with Gasteiger partial charge in [-0.1, -0.05) is 6.07 Å². The molecule has 4 rings (SSSR count). The smallest absolute Gasteiger partial charge is 0.256 e. The number of hydrogen-bond acceptors (Lipinski definition) is 9. The summed E-state index contributed by atoms with van der Waals surface area (Å²) in [5, 5.41) is 21.3. The molecule has 2 aromatic carbocycles. The standard InChI is InChI=1S/C23H21N9O2/c1-25-22(33)17-12-26-23(28-15-9-7-14(11-24)8-10-15)30-21(17)29-18-6-4-5-16(19(18)34-3)20-27-13-32(2)31-20/h4-10,12-13H,1-3H3,(H,25,33)(H2,26,28,29,30)/i1D3. The highest BCUT2D eigenvalue weighted by molar-refractivity contribution is 5.99. The molecule has 11 nitrogen and oxygen atoms in total. The van der Waals surface area contributed by atoms with Crippen molar-refractivity contribution in [2.24, 2.45) is 7.05 Å². The van der Waals surface area contributed by atoms with Crippen molar-refractivity contribution in [2.45, 2.75) is 0 Å². The lowest BCUT2D eigenvalue weighted by Gasteiger charge is -2.16. The van der Waals surface area contributed by atoms with Crippen molar-refractivity contribution in [1.29, 1.82) is 5.26 Å². The third-order valence-corrected chi connectivity index (χ3v) is 4.73. The summed E-state index contributed by atoms with van der Waals surface area (Å²) in [7, 11) is 3.22. The molecule has 0 atom stereocenters. The van der Waals surface area contributed by atoms with Gasteiger partial charge in [-0.3, -0.25) is 9.48 Å². The molecule has 0 saturated heterocycles. The van der Waals surface area contributed by atoms with E-state index in [0.29, 0.717) is 34.1 Å². The van der Waals surface area contributed by atoms with Crippen LogP contribution in [0.25, 0.3) is 11.4 Å². The molecule has 11 heteroatoms. The Bertz CT molecular complexity index is 1480. The van der Waals surface area contributed by atoms with Crippen LogP contribution >= 0.6 is 0 Å². The predicted molar refractivity (Wildman–Crippen MR) is 126 cm³/mol. The summed E-state index contributed by atoms with van der Waals surface area (Å²) in [6.07, 6.45) is 2.76. The van der Waals surface area contributed by atoms with Crippen LogP contribution in [0.4, 0.5) is 23.1 Å². The molecule has 3 N–H and O–H groups in total. The van der Waals surface area contributed by atoms with E-state index in [0.717, 1.165) is 0 Å². The first kappa shape index (κ1) is 18.6. The Morgan fingerprint density at radius 1 is 1.18 bits per heavy atom. The van der Waals surface area contributed by atoms with Crippen LogP contribution in [0.1, 0.15) is 20.0 Å². The van der Waals surface area contributed by atoms with Gasteiger partial charge in [0.2, 0.25) is 5.95 Å². The number of aryl methyl sites for hydroxylation is 1. The quantitative estimate of drug-likeness (QED) is 0.381. The second kappa shape index (κ2) is 9.66. The third kappa shape index (κ3) is 4.61. The number of methoxy groups -OCH3 is 1. The fourth-order valence-electron chi connectivity index (χ4n) is 3.15. The molecule has 34 heavy (non-hydrogen) atoms. The molecule has 0 saturated carbocycles. The van der Waals surface area contributed by atoms with Gasteiger partial charge in [0.05, 0.1) is 30.0 Å². The Hall–Kier alpha value is -4.98. The number of amides is 1. The summed E-state index contributed by atoms with van der Waals surface area (Å²) in [5.74, 6) is 0.0655. The predicted octanol–water partition coefficient (Wildman–Crippen LogP) is 3.00. The second-order valence-electron chi connectivity index (χ2n) is 6.98. The molecule has 4 aromatic rings. The molecule has 0 bridgehead atoms. The van der Waals surface area contributed by atoms with Crippen LogP contribution in [0, 0.1) is 11.3 Å². The zero-order chi connectivity index (χ0) is 26.6. The summed E-state index contributed by atoms with van der Waals surface area (Å²) in [6, 6.07) is 13.9. The van der Waals surface area contributed by atoms with Gasteiger partial charge in [0.1, 0.15) is 17.7 Å². The molecule has 1 amide bonds. The van der Waals surface area contributed by atoms with Gasteiger partial charge in [0.25, 0.3) is 5.91 Å². The lowest BCUT2D eigenvalue weighted by Crippen LogP contribution is -2.20. The average Bonchev–Trinajstić information content (AvgIpc) is 3.29. The Morgan fingerprint density at radius 3 is 2.68 bits per heavy atom. The Kier molecular flexibility index (Phi) is 5.28. The molecule has 0 aliphatic heterocycles. The number of carbonyl (C=O) groups is 1. The van der Waals surface area contributed by atoms with Crippen molar-refractivity contribution in [3.05, 3.63) is 66.1 Å². The largest absolute Gasteiger partial charge is 0.494 e. The maximum atomic E-state index is 12.8. The highest BCUT2D eigenvalue weighted by atomic mass is 16.5. The van der Waals surface area contributed by atoms with Crippen LogP contribution in [-0.4, -0.2) is 44.7 Å². The zero-order valence-electron chi connectivity index (χ0n) is 21.2. The van der Waals surface area contributed by atoms with Gasteiger partial charge >= 0.3 is 0 Å². The first-order chi connectivity index (χ1) is 17.7. The minimum absolute atomic E-state index is 0.0253. The van der Waals surface area contributed by atoms with Crippen molar-refractivity contribution in [2.75, 3.05) is 24.7 Å². The molecule has 2 aromatic heterocycles. The van der Waals surface area contributed by atoms with Gasteiger partial charge in [-0.2, -0.15) is 15.3 Å². The van der Waals surface area contributed by atoms with Crippen molar-refractivity contribution < 1.29 is 13.6 Å². The van der Waals surface area contributed by atoms with Crippen LogP contribution in [0.2, 0.25) is 0 Å². The van der Waals surface area contributed by atoms with Crippen molar-refractivity contribution in [3.63, 3.8) is 0 Å². The number of hydrogen-bond donors (Lipinski definition) is 3. The Morgan fingerprint density at radius 2 is 2.00 bits per heavy atom. The van der Waals surface area contributed by atoms with Crippen molar-refractivity contribution in [3.8, 4) is 23.2 Å². The number of anilines is 4. The fourth-order valence-corrected chi connectivity index (χ4v) is 3.15. The van der Waals surface area contributed by atoms with Crippen LogP contribution in [0.15, 0.2) is 55.0 Å². The zero-order valence-corrected chi connectivity index (χ0v) is 18.2. The SMILES string of the molecule is [2H]C([2H])([2H])NC(=O)c1cnc(Nc2ccc(C#N)cc2)nc1Nc1cccc(-c2ncn(C)n2)c1OC. The molecule has 0 aliphatic rings. The number of carbonyl (C=O) groups excluding carboxylic acids is 1. The Labute approximate surface area is 199 Å². The molecule has 2 heterocycles. The highest BCUT2D eigenvalue weighted by Crippen LogP contribution is 2.36. The average molecular weight is 459 g/mol. The second-order valence-corrected chi connectivity index (χ2v) is 6.98. The normalized spacial score (nSPS) is 12.0. The summed E-state index contributed by atoms with van der Waals surface area (Å²) >= 11 is 0. The van der Waals surface area contributed by atoms with Gasteiger partial charge in [0.15, 0.2) is 11.6 Å². The third-order valence-electron chi connectivity index (χ3n) is 4.73. The van der Waals surface area contributed by atoms with E-state index in [9.17, 15) is 4.79 Å². The van der Waals surface area contributed by atoms with Gasteiger partial charge < -0.3 is 20.7 Å². The summed E-state index contributed by atoms with van der Waals surface area (Å²) in [5.41, 5.74) is 2.00. The number of rotatable bonds is 7. The number of ether oxygens (including phenoxy) is 1. The first-order valence-corrected chi connectivity index (χ1v) is 9.93. The summed E-state index contributed by atoms with van der Waals surface area (Å²) in [6.45, 7) is -2.71. The minimum Gasteiger partial charge on any atom is -0.494 e. The highest BCUT2D eigenvalue weighted by Gasteiger charge is 2.19.